The molecule has 98 valence electrons. The first kappa shape index (κ1) is 12.3. The second-order valence-corrected chi connectivity index (χ2v) is 5.33. The average Bonchev–Trinajstić information content (AvgIpc) is 2.41. The van der Waals surface area contributed by atoms with Crippen molar-refractivity contribution < 1.29 is 9.18 Å². The van der Waals surface area contributed by atoms with Gasteiger partial charge in [-0.05, 0) is 55.0 Å². The van der Waals surface area contributed by atoms with E-state index in [2.05, 4.69) is 4.98 Å². The van der Waals surface area contributed by atoms with Crippen molar-refractivity contribution in [1.82, 2.24) is 4.98 Å². The van der Waals surface area contributed by atoms with Crippen molar-refractivity contribution in [2.24, 2.45) is 0 Å². The maximum atomic E-state index is 13.8. The summed E-state index contributed by atoms with van der Waals surface area (Å²) >= 11 is 0. The number of carbonyl (C=O) groups is 1. The van der Waals surface area contributed by atoms with Crippen LogP contribution >= 0.6 is 0 Å². The van der Waals surface area contributed by atoms with Gasteiger partial charge in [0, 0.05) is 24.4 Å². The van der Waals surface area contributed by atoms with Crippen molar-refractivity contribution in [2.75, 3.05) is 0 Å². The van der Waals surface area contributed by atoms with Crippen LogP contribution in [-0.2, 0) is 4.79 Å². The van der Waals surface area contributed by atoms with E-state index in [1.165, 1.54) is 0 Å². The molecule has 1 aliphatic carbocycles. The maximum Gasteiger partial charge on any atom is 0.132 e. The number of halogens is 1. The van der Waals surface area contributed by atoms with E-state index >= 15 is 0 Å². The molecule has 2 nitrogen and oxygen atoms in total. The van der Waals surface area contributed by atoms with Crippen LogP contribution in [0.25, 0.3) is 10.9 Å². The summed E-state index contributed by atoms with van der Waals surface area (Å²) in [5.41, 5.74) is 2.60. The number of Topliss-reactive ketones (excluding diaryl/α,β-unsaturated/α-hetero) is 1. The van der Waals surface area contributed by atoms with Crippen molar-refractivity contribution in [3.63, 3.8) is 0 Å². The van der Waals surface area contributed by atoms with Gasteiger partial charge in [0.1, 0.15) is 11.6 Å². The molecule has 0 saturated heterocycles. The number of ketones is 1. The lowest BCUT2D eigenvalue weighted by molar-refractivity contribution is -0.120. The maximum absolute atomic E-state index is 13.8. The number of nitrogens with zero attached hydrogens (tertiary/aromatic N) is 1. The first-order chi connectivity index (χ1) is 9.15. The molecule has 3 rings (SSSR count). The van der Waals surface area contributed by atoms with Gasteiger partial charge in [-0.25, -0.2) is 4.39 Å². The number of carbonyl (C=O) groups excluding carboxylic acids is 1. The van der Waals surface area contributed by atoms with Gasteiger partial charge >= 0.3 is 0 Å². The van der Waals surface area contributed by atoms with Crippen LogP contribution in [0.2, 0.25) is 0 Å². The van der Waals surface area contributed by atoms with Crippen LogP contribution < -0.4 is 0 Å². The van der Waals surface area contributed by atoms with Gasteiger partial charge in [-0.15, -0.1) is 0 Å². The Bertz CT molecular complexity index is 640. The summed E-state index contributed by atoms with van der Waals surface area (Å²) in [6, 6.07) is 5.35. The van der Waals surface area contributed by atoms with Crippen LogP contribution in [0.5, 0.6) is 0 Å². The molecule has 2 aromatic rings. The smallest absolute Gasteiger partial charge is 0.132 e. The molecule has 0 aliphatic heterocycles. The van der Waals surface area contributed by atoms with E-state index in [9.17, 15) is 9.18 Å². The monoisotopic (exact) mass is 257 g/mol. The number of hydrogen-bond acceptors (Lipinski definition) is 2. The molecular formula is C16H16FNO. The predicted octanol–water partition coefficient (Wildman–Crippen LogP) is 3.91. The quantitative estimate of drug-likeness (QED) is 0.775. The van der Waals surface area contributed by atoms with E-state index < -0.39 is 0 Å². The summed E-state index contributed by atoms with van der Waals surface area (Å²) in [5, 5.41) is 0.893. The third-order valence-corrected chi connectivity index (χ3v) is 4.04. The minimum absolute atomic E-state index is 0.186. The lowest BCUT2D eigenvalue weighted by Crippen LogP contribution is -2.12. The summed E-state index contributed by atoms with van der Waals surface area (Å²) in [5.74, 6) is 0.510. The lowest BCUT2D eigenvalue weighted by atomic mass is 9.82. The minimum atomic E-state index is -0.186. The largest absolute Gasteiger partial charge is 0.300 e. The molecule has 3 heteroatoms. The highest BCUT2D eigenvalue weighted by Crippen LogP contribution is 2.35. The summed E-state index contributed by atoms with van der Waals surface area (Å²) in [6.07, 6.45) is 4.80. The normalized spacial score (nSPS) is 17.1. The van der Waals surface area contributed by atoms with Gasteiger partial charge in [-0.1, -0.05) is 0 Å². The van der Waals surface area contributed by atoms with Gasteiger partial charge in [0.15, 0.2) is 0 Å². The van der Waals surface area contributed by atoms with E-state index in [0.29, 0.717) is 30.1 Å². The van der Waals surface area contributed by atoms with Crippen LogP contribution in [0.1, 0.15) is 42.7 Å². The fourth-order valence-electron chi connectivity index (χ4n) is 2.90. The molecule has 0 spiro atoms. The Balaban J connectivity index is 2.08. The minimum Gasteiger partial charge on any atom is -0.300 e. The molecular weight excluding hydrogens is 241 g/mol. The van der Waals surface area contributed by atoms with Gasteiger partial charge in [0.2, 0.25) is 0 Å². The molecule has 0 atom stereocenters. The van der Waals surface area contributed by atoms with Gasteiger partial charge < -0.3 is 0 Å². The summed E-state index contributed by atoms with van der Waals surface area (Å²) < 4.78 is 13.8. The SMILES string of the molecule is Cc1cc2nccc(C3CCC(=O)CC3)c2cc1F. The van der Waals surface area contributed by atoms with Crippen molar-refractivity contribution in [3.8, 4) is 0 Å². The number of hydrogen-bond donors (Lipinski definition) is 0. The molecule has 0 unspecified atom stereocenters. The van der Waals surface area contributed by atoms with E-state index in [4.69, 9.17) is 0 Å². The highest BCUT2D eigenvalue weighted by molar-refractivity contribution is 5.84. The van der Waals surface area contributed by atoms with E-state index in [1.807, 2.05) is 6.07 Å². The molecule has 1 aliphatic rings. The molecule has 1 fully saturated rings. The van der Waals surface area contributed by atoms with Crippen LogP contribution in [0.4, 0.5) is 4.39 Å². The number of aromatic nitrogens is 1. The van der Waals surface area contributed by atoms with E-state index in [0.717, 1.165) is 29.3 Å². The van der Waals surface area contributed by atoms with Crippen LogP contribution in [-0.4, -0.2) is 10.8 Å². The Labute approximate surface area is 111 Å². The molecule has 1 aromatic carbocycles. The van der Waals surface area contributed by atoms with Gasteiger partial charge in [0.05, 0.1) is 5.52 Å². The molecule has 1 aromatic heterocycles. The number of pyridine rings is 1. The van der Waals surface area contributed by atoms with Crippen LogP contribution in [0.15, 0.2) is 24.4 Å². The Hall–Kier alpha value is -1.77. The number of fused-ring (bicyclic) bond motifs is 1. The predicted molar refractivity (Wildman–Crippen MR) is 72.7 cm³/mol. The zero-order chi connectivity index (χ0) is 13.4. The third-order valence-electron chi connectivity index (χ3n) is 4.04. The van der Waals surface area contributed by atoms with Crippen molar-refractivity contribution >= 4 is 16.7 Å². The average molecular weight is 257 g/mol. The molecule has 0 N–H and O–H groups in total. The first-order valence-corrected chi connectivity index (χ1v) is 6.71. The van der Waals surface area contributed by atoms with Crippen molar-refractivity contribution in [3.05, 3.63) is 41.3 Å². The standard InChI is InChI=1S/C16H16FNO/c1-10-8-16-14(9-15(10)17)13(6-7-18-16)11-2-4-12(19)5-3-11/h6-9,11H,2-5H2,1H3. The highest BCUT2D eigenvalue weighted by atomic mass is 19.1. The van der Waals surface area contributed by atoms with Crippen molar-refractivity contribution in [1.29, 1.82) is 0 Å². The fourth-order valence-corrected chi connectivity index (χ4v) is 2.90. The van der Waals surface area contributed by atoms with E-state index in [-0.39, 0.29) is 5.82 Å². The summed E-state index contributed by atoms with van der Waals surface area (Å²) in [6.45, 7) is 1.75. The molecule has 0 radical (unpaired) electrons. The second kappa shape index (κ2) is 4.72. The van der Waals surface area contributed by atoms with Crippen LogP contribution in [0, 0.1) is 12.7 Å². The Morgan fingerprint density at radius 3 is 2.74 bits per heavy atom. The lowest BCUT2D eigenvalue weighted by Gasteiger charge is -2.22. The Kier molecular flexibility index (Phi) is 3.05. The highest BCUT2D eigenvalue weighted by Gasteiger charge is 2.22. The number of benzene rings is 1. The first-order valence-electron chi connectivity index (χ1n) is 6.71. The molecule has 0 amide bonds. The third kappa shape index (κ3) is 2.25. The van der Waals surface area contributed by atoms with Gasteiger partial charge in [-0.2, -0.15) is 0 Å². The Morgan fingerprint density at radius 2 is 2.00 bits per heavy atom. The topological polar surface area (TPSA) is 30.0 Å². The molecule has 1 heterocycles. The number of rotatable bonds is 1. The van der Waals surface area contributed by atoms with Gasteiger partial charge in [0.25, 0.3) is 0 Å². The van der Waals surface area contributed by atoms with Gasteiger partial charge in [-0.3, -0.25) is 9.78 Å². The van der Waals surface area contributed by atoms with Crippen LogP contribution in [0.3, 0.4) is 0 Å². The second-order valence-electron chi connectivity index (χ2n) is 5.33. The summed E-state index contributed by atoms with van der Waals surface area (Å²) in [7, 11) is 0. The van der Waals surface area contributed by atoms with Crippen molar-refractivity contribution in [2.45, 2.75) is 38.5 Å². The molecule has 19 heavy (non-hydrogen) atoms. The Morgan fingerprint density at radius 1 is 1.26 bits per heavy atom. The fraction of sp³-hybridized carbons (Fsp3) is 0.375. The molecule has 0 bridgehead atoms. The van der Waals surface area contributed by atoms with E-state index in [1.54, 1.807) is 25.3 Å². The summed E-state index contributed by atoms with van der Waals surface area (Å²) in [4.78, 5) is 15.6. The zero-order valence-electron chi connectivity index (χ0n) is 10.9. The zero-order valence-corrected chi connectivity index (χ0v) is 10.9. The molecule has 1 saturated carbocycles. The number of aryl methyl sites for hydroxylation is 1.